The van der Waals surface area contributed by atoms with Gasteiger partial charge in [0.25, 0.3) is 0 Å². The third-order valence-electron chi connectivity index (χ3n) is 4.19. The Morgan fingerprint density at radius 2 is 1.96 bits per heavy atom. The molecule has 5 nitrogen and oxygen atoms in total. The molecule has 0 radical (unpaired) electrons. The molecule has 0 spiro atoms. The van der Waals surface area contributed by atoms with E-state index in [1.165, 1.54) is 11.8 Å². The second-order valence-corrected chi connectivity index (χ2v) is 7.02. The molecule has 23 heavy (non-hydrogen) atoms. The van der Waals surface area contributed by atoms with Crippen molar-refractivity contribution in [2.45, 2.75) is 36.3 Å². The Labute approximate surface area is 140 Å². The van der Waals surface area contributed by atoms with Gasteiger partial charge in [0.2, 0.25) is 5.91 Å². The van der Waals surface area contributed by atoms with Gasteiger partial charge in [-0.25, -0.2) is 0 Å². The molecule has 0 bridgehead atoms. The fourth-order valence-electron chi connectivity index (χ4n) is 2.58. The van der Waals surface area contributed by atoms with Crippen molar-refractivity contribution in [2.75, 3.05) is 19.8 Å². The van der Waals surface area contributed by atoms with Crippen molar-refractivity contribution >= 4 is 23.6 Å². The SMILES string of the molecule is CCC(Sc1ccccc1)C(=O)NCC1(C(=O)O)CCOCC1. The summed E-state index contributed by atoms with van der Waals surface area (Å²) in [5.41, 5.74) is -0.899. The molecule has 1 atom stereocenters. The number of carboxylic acids is 1. The topological polar surface area (TPSA) is 75.6 Å². The first-order valence-electron chi connectivity index (χ1n) is 7.88. The molecule has 1 heterocycles. The highest BCUT2D eigenvalue weighted by Crippen LogP contribution is 2.31. The Hall–Kier alpha value is -1.53. The summed E-state index contributed by atoms with van der Waals surface area (Å²) in [7, 11) is 0. The zero-order valence-corrected chi connectivity index (χ0v) is 14.1. The number of thioether (sulfide) groups is 1. The highest BCUT2D eigenvalue weighted by molar-refractivity contribution is 8.00. The van der Waals surface area contributed by atoms with Crippen LogP contribution in [0.5, 0.6) is 0 Å². The molecule has 1 saturated heterocycles. The van der Waals surface area contributed by atoms with Crippen LogP contribution in [0.4, 0.5) is 0 Å². The number of benzene rings is 1. The molecule has 1 amide bonds. The van der Waals surface area contributed by atoms with Crippen molar-refractivity contribution in [1.29, 1.82) is 0 Å². The van der Waals surface area contributed by atoms with Crippen LogP contribution in [0.15, 0.2) is 35.2 Å². The standard InChI is InChI=1S/C17H23NO4S/c1-2-14(23-13-6-4-3-5-7-13)15(19)18-12-17(16(20)21)8-10-22-11-9-17/h3-7,14H,2,8-12H2,1H3,(H,18,19)(H,20,21). The second kappa shape index (κ2) is 8.36. The third-order valence-corrected chi connectivity index (χ3v) is 5.57. The highest BCUT2D eigenvalue weighted by atomic mass is 32.2. The van der Waals surface area contributed by atoms with Gasteiger partial charge in [-0.15, -0.1) is 11.8 Å². The molecule has 0 aliphatic carbocycles. The number of carboxylic acid groups (broad SMARTS) is 1. The van der Waals surface area contributed by atoms with E-state index in [4.69, 9.17) is 4.74 Å². The minimum Gasteiger partial charge on any atom is -0.481 e. The van der Waals surface area contributed by atoms with Gasteiger partial charge in [-0.3, -0.25) is 9.59 Å². The maximum absolute atomic E-state index is 12.4. The van der Waals surface area contributed by atoms with E-state index in [0.717, 1.165) is 4.90 Å². The van der Waals surface area contributed by atoms with Crippen molar-refractivity contribution in [3.63, 3.8) is 0 Å². The Morgan fingerprint density at radius 1 is 1.30 bits per heavy atom. The number of aliphatic carboxylic acids is 1. The van der Waals surface area contributed by atoms with Crippen LogP contribution in [0.2, 0.25) is 0 Å². The van der Waals surface area contributed by atoms with Crippen molar-refractivity contribution < 1.29 is 19.4 Å². The molecule has 6 heteroatoms. The summed E-state index contributed by atoms with van der Waals surface area (Å²) < 4.78 is 5.25. The van der Waals surface area contributed by atoms with Crippen LogP contribution >= 0.6 is 11.8 Å². The number of carbonyl (C=O) groups is 2. The Kier molecular flexibility index (Phi) is 6.47. The van der Waals surface area contributed by atoms with E-state index >= 15 is 0 Å². The fourth-order valence-corrected chi connectivity index (χ4v) is 3.58. The molecular formula is C17H23NO4S. The molecular weight excluding hydrogens is 314 g/mol. The van der Waals surface area contributed by atoms with Crippen LogP contribution in [0, 0.1) is 5.41 Å². The minimum absolute atomic E-state index is 0.103. The predicted octanol–water partition coefficient (Wildman–Crippen LogP) is 2.55. The van der Waals surface area contributed by atoms with Crippen LogP contribution < -0.4 is 5.32 Å². The van der Waals surface area contributed by atoms with E-state index in [-0.39, 0.29) is 17.7 Å². The summed E-state index contributed by atoms with van der Waals surface area (Å²) in [4.78, 5) is 25.1. The van der Waals surface area contributed by atoms with Crippen molar-refractivity contribution in [1.82, 2.24) is 5.32 Å². The maximum atomic E-state index is 12.4. The molecule has 0 aromatic heterocycles. The number of rotatable bonds is 7. The number of ether oxygens (including phenoxy) is 1. The number of carbonyl (C=O) groups excluding carboxylic acids is 1. The van der Waals surface area contributed by atoms with Crippen molar-refractivity contribution in [2.24, 2.45) is 5.41 Å². The first-order chi connectivity index (χ1) is 11.1. The Balaban J connectivity index is 1.94. The van der Waals surface area contributed by atoms with E-state index < -0.39 is 11.4 Å². The quantitative estimate of drug-likeness (QED) is 0.748. The van der Waals surface area contributed by atoms with Crippen LogP contribution in [0.3, 0.4) is 0 Å². The molecule has 1 aromatic carbocycles. The number of nitrogens with one attached hydrogen (secondary N) is 1. The highest BCUT2D eigenvalue weighted by Gasteiger charge is 2.40. The minimum atomic E-state index is -0.899. The van der Waals surface area contributed by atoms with E-state index in [9.17, 15) is 14.7 Å². The van der Waals surface area contributed by atoms with E-state index in [2.05, 4.69) is 5.32 Å². The second-order valence-electron chi connectivity index (χ2n) is 5.74. The average molecular weight is 337 g/mol. The lowest BCUT2D eigenvalue weighted by Gasteiger charge is -2.33. The van der Waals surface area contributed by atoms with Crippen molar-refractivity contribution in [3.05, 3.63) is 30.3 Å². The predicted molar refractivity (Wildman–Crippen MR) is 89.5 cm³/mol. The third kappa shape index (κ3) is 4.72. The van der Waals surface area contributed by atoms with Gasteiger partial charge in [-0.2, -0.15) is 0 Å². The van der Waals surface area contributed by atoms with Gasteiger partial charge in [0.1, 0.15) is 0 Å². The maximum Gasteiger partial charge on any atom is 0.311 e. The molecule has 0 saturated carbocycles. The average Bonchev–Trinajstić information content (AvgIpc) is 2.59. The summed E-state index contributed by atoms with van der Waals surface area (Å²) >= 11 is 1.51. The molecule has 1 aliphatic heterocycles. The van der Waals surface area contributed by atoms with Crippen LogP contribution in [0.1, 0.15) is 26.2 Å². The van der Waals surface area contributed by atoms with Gasteiger partial charge in [0.05, 0.1) is 10.7 Å². The Morgan fingerprint density at radius 3 is 2.52 bits per heavy atom. The summed E-state index contributed by atoms with van der Waals surface area (Å²) in [5, 5.41) is 12.2. The summed E-state index contributed by atoms with van der Waals surface area (Å²) in [6, 6.07) is 9.76. The fraction of sp³-hybridized carbons (Fsp3) is 0.529. The summed E-state index contributed by atoms with van der Waals surface area (Å²) in [6.07, 6.45) is 1.56. The number of hydrogen-bond acceptors (Lipinski definition) is 4. The lowest BCUT2D eigenvalue weighted by molar-refractivity contribution is -0.154. The Bertz CT molecular complexity index is 529. The zero-order valence-electron chi connectivity index (χ0n) is 13.3. The lowest BCUT2D eigenvalue weighted by atomic mass is 9.80. The monoisotopic (exact) mass is 337 g/mol. The summed E-state index contributed by atoms with van der Waals surface area (Å²) in [6.45, 7) is 2.98. The smallest absolute Gasteiger partial charge is 0.311 e. The first-order valence-corrected chi connectivity index (χ1v) is 8.76. The van der Waals surface area contributed by atoms with Crippen molar-refractivity contribution in [3.8, 4) is 0 Å². The molecule has 1 unspecified atom stereocenters. The van der Waals surface area contributed by atoms with E-state index in [1.54, 1.807) is 0 Å². The molecule has 1 aliphatic rings. The largest absolute Gasteiger partial charge is 0.481 e. The lowest BCUT2D eigenvalue weighted by Crippen LogP contribution is -2.48. The zero-order chi connectivity index (χ0) is 16.7. The number of amides is 1. The normalized spacial score (nSPS) is 18.1. The molecule has 1 fully saturated rings. The molecule has 1 aromatic rings. The van der Waals surface area contributed by atoms with Gasteiger partial charge in [0, 0.05) is 24.7 Å². The van der Waals surface area contributed by atoms with Crippen LogP contribution in [0.25, 0.3) is 0 Å². The molecule has 126 valence electrons. The van der Waals surface area contributed by atoms with Gasteiger partial charge >= 0.3 is 5.97 Å². The first kappa shape index (κ1) is 17.8. The van der Waals surface area contributed by atoms with Crippen LogP contribution in [-0.2, 0) is 14.3 Å². The number of hydrogen-bond donors (Lipinski definition) is 2. The summed E-state index contributed by atoms with van der Waals surface area (Å²) in [5.74, 6) is -0.960. The van der Waals surface area contributed by atoms with Gasteiger partial charge in [-0.05, 0) is 31.4 Å². The van der Waals surface area contributed by atoms with E-state index in [0.29, 0.717) is 32.5 Å². The van der Waals surface area contributed by atoms with Gasteiger partial charge < -0.3 is 15.2 Å². The molecule has 2 N–H and O–H groups in total. The van der Waals surface area contributed by atoms with Crippen LogP contribution in [-0.4, -0.2) is 42.0 Å². The molecule has 2 rings (SSSR count). The van der Waals surface area contributed by atoms with Gasteiger partial charge in [0.15, 0.2) is 0 Å². The van der Waals surface area contributed by atoms with Gasteiger partial charge in [-0.1, -0.05) is 25.1 Å². The van der Waals surface area contributed by atoms with E-state index in [1.807, 2.05) is 37.3 Å².